The second kappa shape index (κ2) is 7.44. The fourth-order valence-corrected chi connectivity index (χ4v) is 3.15. The summed E-state index contributed by atoms with van der Waals surface area (Å²) < 4.78 is 5.71. The van der Waals surface area contributed by atoms with Crippen molar-refractivity contribution in [2.45, 2.75) is 26.7 Å². The van der Waals surface area contributed by atoms with Crippen molar-refractivity contribution in [3.8, 4) is 5.75 Å². The zero-order valence-corrected chi connectivity index (χ0v) is 12.5. The number of hydrogen-bond donors (Lipinski definition) is 0. The Balaban J connectivity index is 1.72. The van der Waals surface area contributed by atoms with Crippen LogP contribution in [0.2, 0.25) is 0 Å². The Morgan fingerprint density at radius 3 is 2.65 bits per heavy atom. The van der Waals surface area contributed by atoms with Crippen LogP contribution in [0.3, 0.4) is 0 Å². The second-order valence-electron chi connectivity index (χ2n) is 6.06. The smallest absolute Gasteiger partial charge is 0.153 e. The monoisotopic (exact) mass is 275 g/mol. The maximum Gasteiger partial charge on any atom is 0.153 e. The first-order valence-electron chi connectivity index (χ1n) is 7.58. The van der Waals surface area contributed by atoms with Gasteiger partial charge >= 0.3 is 0 Å². The summed E-state index contributed by atoms with van der Waals surface area (Å²) in [6.45, 7) is 8.82. The van der Waals surface area contributed by atoms with Crippen molar-refractivity contribution in [3.05, 3.63) is 29.8 Å². The number of hydrogen-bond acceptors (Lipinski definition) is 3. The third kappa shape index (κ3) is 4.34. The van der Waals surface area contributed by atoms with E-state index < -0.39 is 0 Å². The Hall–Kier alpha value is -1.35. The minimum absolute atomic E-state index is 0.632. The summed E-state index contributed by atoms with van der Waals surface area (Å²) in [4.78, 5) is 13.4. The van der Waals surface area contributed by atoms with Gasteiger partial charge in [-0.2, -0.15) is 0 Å². The van der Waals surface area contributed by atoms with Crippen LogP contribution < -0.4 is 4.74 Å². The molecule has 3 heteroatoms. The van der Waals surface area contributed by atoms with Gasteiger partial charge in [-0.1, -0.05) is 26.0 Å². The first-order valence-corrected chi connectivity index (χ1v) is 7.58. The third-order valence-corrected chi connectivity index (χ3v) is 3.87. The largest absolute Gasteiger partial charge is 0.493 e. The van der Waals surface area contributed by atoms with Crippen molar-refractivity contribution in [1.82, 2.24) is 4.90 Å². The summed E-state index contributed by atoms with van der Waals surface area (Å²) >= 11 is 0. The van der Waals surface area contributed by atoms with Crippen LogP contribution in [0.15, 0.2) is 24.3 Å². The standard InChI is InChI=1S/C17H25NO2/c1-14-10-15(2)12-18(11-14)8-5-9-20-17-7-4-3-6-16(17)13-19/h3-4,6-7,13-15H,5,8-12H2,1-2H3/t14-,15-/m1/s1. The minimum atomic E-state index is 0.632. The van der Waals surface area contributed by atoms with Gasteiger partial charge in [0, 0.05) is 19.6 Å². The first kappa shape index (κ1) is 15.0. The highest BCUT2D eigenvalue weighted by atomic mass is 16.5. The lowest BCUT2D eigenvalue weighted by Gasteiger charge is -2.34. The van der Waals surface area contributed by atoms with Crippen LogP contribution >= 0.6 is 0 Å². The summed E-state index contributed by atoms with van der Waals surface area (Å²) in [6, 6.07) is 7.40. The predicted molar refractivity (Wildman–Crippen MR) is 81.3 cm³/mol. The zero-order chi connectivity index (χ0) is 14.4. The van der Waals surface area contributed by atoms with E-state index in [9.17, 15) is 4.79 Å². The fourth-order valence-electron chi connectivity index (χ4n) is 3.15. The molecule has 20 heavy (non-hydrogen) atoms. The molecule has 110 valence electrons. The van der Waals surface area contributed by atoms with E-state index in [0.29, 0.717) is 17.9 Å². The molecule has 0 saturated carbocycles. The van der Waals surface area contributed by atoms with Crippen LogP contribution in [0.5, 0.6) is 5.75 Å². The molecule has 1 aliphatic rings. The average molecular weight is 275 g/mol. The molecule has 1 aromatic rings. The van der Waals surface area contributed by atoms with Crippen molar-refractivity contribution in [2.75, 3.05) is 26.2 Å². The summed E-state index contributed by atoms with van der Waals surface area (Å²) in [5, 5.41) is 0. The number of piperidine rings is 1. The molecular weight excluding hydrogens is 250 g/mol. The Morgan fingerprint density at radius 2 is 1.95 bits per heavy atom. The van der Waals surface area contributed by atoms with Crippen LogP contribution in [0.25, 0.3) is 0 Å². The van der Waals surface area contributed by atoms with E-state index >= 15 is 0 Å². The topological polar surface area (TPSA) is 29.5 Å². The van der Waals surface area contributed by atoms with E-state index in [0.717, 1.165) is 31.1 Å². The molecule has 2 rings (SSSR count). The van der Waals surface area contributed by atoms with Gasteiger partial charge in [0.15, 0.2) is 6.29 Å². The molecule has 0 radical (unpaired) electrons. The normalized spacial score (nSPS) is 23.5. The highest BCUT2D eigenvalue weighted by molar-refractivity contribution is 5.79. The fraction of sp³-hybridized carbons (Fsp3) is 0.588. The molecule has 1 aliphatic heterocycles. The highest BCUT2D eigenvalue weighted by Crippen LogP contribution is 2.21. The number of likely N-dealkylation sites (tertiary alicyclic amines) is 1. The lowest BCUT2D eigenvalue weighted by atomic mass is 9.92. The van der Waals surface area contributed by atoms with Gasteiger partial charge < -0.3 is 9.64 Å². The number of nitrogens with zero attached hydrogens (tertiary/aromatic N) is 1. The lowest BCUT2D eigenvalue weighted by molar-refractivity contribution is 0.111. The molecule has 0 spiro atoms. The molecule has 0 amide bonds. The van der Waals surface area contributed by atoms with Gasteiger partial charge in [-0.05, 0) is 36.8 Å². The molecule has 2 atom stereocenters. The Morgan fingerprint density at radius 1 is 1.25 bits per heavy atom. The van der Waals surface area contributed by atoms with Crippen molar-refractivity contribution in [2.24, 2.45) is 11.8 Å². The molecule has 0 N–H and O–H groups in total. The van der Waals surface area contributed by atoms with Gasteiger partial charge in [0.25, 0.3) is 0 Å². The predicted octanol–water partition coefficient (Wildman–Crippen LogP) is 3.25. The molecule has 1 fully saturated rings. The second-order valence-corrected chi connectivity index (χ2v) is 6.06. The van der Waals surface area contributed by atoms with Crippen molar-refractivity contribution < 1.29 is 9.53 Å². The summed E-state index contributed by atoms with van der Waals surface area (Å²) in [5.74, 6) is 2.30. The van der Waals surface area contributed by atoms with Gasteiger partial charge in [0.1, 0.15) is 5.75 Å². The minimum Gasteiger partial charge on any atom is -0.493 e. The van der Waals surface area contributed by atoms with Crippen LogP contribution in [0.4, 0.5) is 0 Å². The molecule has 3 nitrogen and oxygen atoms in total. The maximum atomic E-state index is 10.9. The summed E-state index contributed by atoms with van der Waals surface area (Å²) in [7, 11) is 0. The first-order chi connectivity index (χ1) is 9.69. The summed E-state index contributed by atoms with van der Waals surface area (Å²) in [5.41, 5.74) is 0.632. The number of ether oxygens (including phenoxy) is 1. The van der Waals surface area contributed by atoms with Gasteiger partial charge in [-0.3, -0.25) is 4.79 Å². The van der Waals surface area contributed by atoms with E-state index in [1.807, 2.05) is 18.2 Å². The zero-order valence-electron chi connectivity index (χ0n) is 12.5. The van der Waals surface area contributed by atoms with Gasteiger partial charge in [-0.25, -0.2) is 0 Å². The molecule has 0 unspecified atom stereocenters. The van der Waals surface area contributed by atoms with Crippen molar-refractivity contribution >= 4 is 6.29 Å². The van der Waals surface area contributed by atoms with Crippen LogP contribution in [-0.2, 0) is 0 Å². The van der Waals surface area contributed by atoms with Gasteiger partial charge in [-0.15, -0.1) is 0 Å². The quantitative estimate of drug-likeness (QED) is 0.589. The van der Waals surface area contributed by atoms with E-state index in [1.165, 1.54) is 19.5 Å². The number of para-hydroxylation sites is 1. The third-order valence-electron chi connectivity index (χ3n) is 3.87. The van der Waals surface area contributed by atoms with Crippen LogP contribution in [0, 0.1) is 11.8 Å². The van der Waals surface area contributed by atoms with Crippen molar-refractivity contribution in [3.63, 3.8) is 0 Å². The van der Waals surface area contributed by atoms with E-state index in [-0.39, 0.29) is 0 Å². The Bertz CT molecular complexity index is 423. The SMILES string of the molecule is C[C@@H]1C[C@@H](C)CN(CCCOc2ccccc2C=O)C1. The Labute approximate surface area is 121 Å². The number of carbonyl (C=O) groups is 1. The maximum absolute atomic E-state index is 10.9. The van der Waals surface area contributed by atoms with Crippen LogP contribution in [-0.4, -0.2) is 37.4 Å². The van der Waals surface area contributed by atoms with E-state index in [1.54, 1.807) is 6.07 Å². The molecule has 1 heterocycles. The molecule has 1 aromatic carbocycles. The lowest BCUT2D eigenvalue weighted by Crippen LogP contribution is -2.39. The average Bonchev–Trinajstić information content (AvgIpc) is 2.43. The summed E-state index contributed by atoms with van der Waals surface area (Å²) in [6.07, 6.45) is 3.20. The van der Waals surface area contributed by atoms with Gasteiger partial charge in [0.2, 0.25) is 0 Å². The molecule has 0 aliphatic carbocycles. The van der Waals surface area contributed by atoms with E-state index in [4.69, 9.17) is 4.74 Å². The number of aldehydes is 1. The van der Waals surface area contributed by atoms with Crippen molar-refractivity contribution in [1.29, 1.82) is 0 Å². The van der Waals surface area contributed by atoms with E-state index in [2.05, 4.69) is 18.7 Å². The Kier molecular flexibility index (Phi) is 5.60. The molecule has 0 bridgehead atoms. The highest BCUT2D eigenvalue weighted by Gasteiger charge is 2.21. The number of benzene rings is 1. The molecular formula is C17H25NO2. The molecule has 1 saturated heterocycles. The van der Waals surface area contributed by atoms with Gasteiger partial charge in [0.05, 0.1) is 12.2 Å². The number of carbonyl (C=O) groups excluding carboxylic acids is 1. The number of rotatable bonds is 6. The molecule has 0 aromatic heterocycles. The van der Waals surface area contributed by atoms with Crippen LogP contribution in [0.1, 0.15) is 37.0 Å².